The zero-order valence-corrected chi connectivity index (χ0v) is 10.9. The fourth-order valence-corrected chi connectivity index (χ4v) is 2.95. The minimum absolute atomic E-state index is 0.0663. The lowest BCUT2D eigenvalue weighted by molar-refractivity contribution is 0.0928. The summed E-state index contributed by atoms with van der Waals surface area (Å²) in [6.07, 6.45) is 4.94. The molecule has 0 saturated carbocycles. The Hall–Kier alpha value is -1.69. The molecular formula is C12H14N4OS. The Morgan fingerprint density at radius 3 is 3.28 bits per heavy atom. The van der Waals surface area contributed by atoms with Gasteiger partial charge in [-0.25, -0.2) is 4.98 Å². The van der Waals surface area contributed by atoms with E-state index in [2.05, 4.69) is 15.4 Å². The molecule has 1 aliphatic rings. The van der Waals surface area contributed by atoms with E-state index in [0.717, 1.165) is 24.8 Å². The van der Waals surface area contributed by atoms with Crippen molar-refractivity contribution >= 4 is 17.2 Å². The number of aromatic nitrogens is 3. The molecule has 0 saturated heterocycles. The number of nitrogens with zero attached hydrogens (tertiary/aromatic N) is 3. The Bertz CT molecular complexity index is 561. The predicted molar refractivity (Wildman–Crippen MR) is 68.5 cm³/mol. The van der Waals surface area contributed by atoms with E-state index in [1.807, 2.05) is 17.9 Å². The van der Waals surface area contributed by atoms with Crippen molar-refractivity contribution in [1.29, 1.82) is 0 Å². The highest BCUT2D eigenvalue weighted by Gasteiger charge is 2.25. The minimum Gasteiger partial charge on any atom is -0.344 e. The summed E-state index contributed by atoms with van der Waals surface area (Å²) < 4.78 is 1.90. The summed E-state index contributed by atoms with van der Waals surface area (Å²) >= 11 is 1.43. The van der Waals surface area contributed by atoms with Gasteiger partial charge in [0.1, 0.15) is 5.69 Å². The molecule has 1 aliphatic carbocycles. The van der Waals surface area contributed by atoms with E-state index in [0.29, 0.717) is 5.69 Å². The SMILES string of the molecule is Cn1ncc2c1CCCC2NC(=O)c1cscn1. The van der Waals surface area contributed by atoms with Crippen LogP contribution in [0.15, 0.2) is 17.1 Å². The van der Waals surface area contributed by atoms with Crippen LogP contribution in [0.25, 0.3) is 0 Å². The number of aryl methyl sites for hydroxylation is 1. The molecule has 5 nitrogen and oxygen atoms in total. The van der Waals surface area contributed by atoms with Crippen LogP contribution in [0.2, 0.25) is 0 Å². The van der Waals surface area contributed by atoms with Gasteiger partial charge in [0.05, 0.1) is 17.7 Å². The van der Waals surface area contributed by atoms with Gasteiger partial charge in [0, 0.05) is 23.7 Å². The molecule has 94 valence electrons. The molecule has 2 aromatic heterocycles. The van der Waals surface area contributed by atoms with Crippen LogP contribution in [-0.2, 0) is 13.5 Å². The summed E-state index contributed by atoms with van der Waals surface area (Å²) in [5.74, 6) is -0.0991. The molecule has 18 heavy (non-hydrogen) atoms. The fraction of sp³-hybridized carbons (Fsp3) is 0.417. The van der Waals surface area contributed by atoms with E-state index < -0.39 is 0 Å². The maximum absolute atomic E-state index is 12.0. The number of thiazole rings is 1. The van der Waals surface area contributed by atoms with Crippen LogP contribution in [0.3, 0.4) is 0 Å². The van der Waals surface area contributed by atoms with Crippen molar-refractivity contribution in [2.24, 2.45) is 7.05 Å². The summed E-state index contributed by atoms with van der Waals surface area (Å²) in [7, 11) is 1.95. The first-order valence-corrected chi connectivity index (χ1v) is 6.90. The topological polar surface area (TPSA) is 59.8 Å². The standard InChI is InChI=1S/C12H14N4OS/c1-16-11-4-2-3-9(8(11)5-14-16)15-12(17)10-6-18-7-13-10/h5-7,9H,2-4H2,1H3,(H,15,17). The first-order valence-electron chi connectivity index (χ1n) is 5.95. The molecular weight excluding hydrogens is 248 g/mol. The van der Waals surface area contributed by atoms with E-state index in [-0.39, 0.29) is 11.9 Å². The maximum Gasteiger partial charge on any atom is 0.271 e. The van der Waals surface area contributed by atoms with Gasteiger partial charge in [-0.15, -0.1) is 11.3 Å². The second-order valence-corrected chi connectivity index (χ2v) is 5.18. The van der Waals surface area contributed by atoms with E-state index in [4.69, 9.17) is 0 Å². The lowest BCUT2D eigenvalue weighted by Crippen LogP contribution is -2.31. The van der Waals surface area contributed by atoms with Crippen molar-refractivity contribution < 1.29 is 4.79 Å². The smallest absolute Gasteiger partial charge is 0.271 e. The molecule has 0 fully saturated rings. The first-order chi connectivity index (χ1) is 8.75. The number of carbonyl (C=O) groups is 1. The number of fused-ring (bicyclic) bond motifs is 1. The quantitative estimate of drug-likeness (QED) is 0.896. The molecule has 6 heteroatoms. The van der Waals surface area contributed by atoms with Crippen LogP contribution in [0.5, 0.6) is 0 Å². The second kappa shape index (κ2) is 4.53. The normalized spacial score (nSPS) is 18.4. The predicted octanol–water partition coefficient (Wildman–Crippen LogP) is 1.68. The molecule has 1 unspecified atom stereocenters. The fourth-order valence-electron chi connectivity index (χ4n) is 2.41. The van der Waals surface area contributed by atoms with Gasteiger partial charge < -0.3 is 5.32 Å². The molecule has 3 rings (SSSR count). The zero-order chi connectivity index (χ0) is 12.5. The number of amides is 1. The van der Waals surface area contributed by atoms with Gasteiger partial charge in [-0.05, 0) is 19.3 Å². The molecule has 0 aromatic carbocycles. The van der Waals surface area contributed by atoms with Crippen molar-refractivity contribution in [2.45, 2.75) is 25.3 Å². The zero-order valence-electron chi connectivity index (χ0n) is 10.1. The lowest BCUT2D eigenvalue weighted by Gasteiger charge is -2.23. The Balaban J connectivity index is 1.80. The highest BCUT2D eigenvalue weighted by Crippen LogP contribution is 2.29. The van der Waals surface area contributed by atoms with Gasteiger partial charge in [0.25, 0.3) is 5.91 Å². The lowest BCUT2D eigenvalue weighted by atomic mass is 9.93. The second-order valence-electron chi connectivity index (χ2n) is 4.46. The molecule has 0 bridgehead atoms. The number of carbonyl (C=O) groups excluding carboxylic acids is 1. The molecule has 2 aromatic rings. The third-order valence-electron chi connectivity index (χ3n) is 3.35. The largest absolute Gasteiger partial charge is 0.344 e. The van der Waals surface area contributed by atoms with Crippen molar-refractivity contribution in [3.8, 4) is 0 Å². The van der Waals surface area contributed by atoms with Gasteiger partial charge in [-0.3, -0.25) is 9.48 Å². The number of rotatable bonds is 2. The van der Waals surface area contributed by atoms with Crippen LogP contribution in [0.1, 0.15) is 40.6 Å². The third-order valence-corrected chi connectivity index (χ3v) is 3.93. The first kappa shape index (κ1) is 11.4. The van der Waals surface area contributed by atoms with E-state index in [1.165, 1.54) is 17.0 Å². The Kier molecular flexibility index (Phi) is 2.87. The van der Waals surface area contributed by atoms with Crippen LogP contribution < -0.4 is 5.32 Å². The monoisotopic (exact) mass is 262 g/mol. The summed E-state index contributed by atoms with van der Waals surface area (Å²) in [5, 5.41) is 9.08. The number of nitrogens with one attached hydrogen (secondary N) is 1. The number of hydrogen-bond donors (Lipinski definition) is 1. The van der Waals surface area contributed by atoms with Crippen molar-refractivity contribution in [1.82, 2.24) is 20.1 Å². The van der Waals surface area contributed by atoms with Crippen LogP contribution in [-0.4, -0.2) is 20.7 Å². The van der Waals surface area contributed by atoms with E-state index in [9.17, 15) is 4.79 Å². The molecule has 0 aliphatic heterocycles. The van der Waals surface area contributed by atoms with Gasteiger partial charge in [-0.1, -0.05) is 0 Å². The average Bonchev–Trinajstić information content (AvgIpc) is 3.00. The van der Waals surface area contributed by atoms with Gasteiger partial charge in [0.2, 0.25) is 0 Å². The molecule has 0 spiro atoms. The van der Waals surface area contributed by atoms with Gasteiger partial charge >= 0.3 is 0 Å². The minimum atomic E-state index is -0.0991. The van der Waals surface area contributed by atoms with Crippen LogP contribution in [0, 0.1) is 0 Å². The summed E-state index contributed by atoms with van der Waals surface area (Å²) in [4.78, 5) is 16.0. The molecule has 1 atom stereocenters. The van der Waals surface area contributed by atoms with Gasteiger partial charge in [-0.2, -0.15) is 5.10 Å². The molecule has 1 N–H and O–H groups in total. The highest BCUT2D eigenvalue weighted by atomic mass is 32.1. The van der Waals surface area contributed by atoms with Crippen molar-refractivity contribution in [3.05, 3.63) is 34.0 Å². The maximum atomic E-state index is 12.0. The van der Waals surface area contributed by atoms with Crippen LogP contribution in [0.4, 0.5) is 0 Å². The number of hydrogen-bond acceptors (Lipinski definition) is 4. The van der Waals surface area contributed by atoms with Gasteiger partial charge in [0.15, 0.2) is 0 Å². The average molecular weight is 262 g/mol. The third kappa shape index (κ3) is 1.92. The molecule has 2 heterocycles. The van der Waals surface area contributed by atoms with Crippen molar-refractivity contribution in [2.75, 3.05) is 0 Å². The molecule has 1 amide bonds. The summed E-state index contributed by atoms with van der Waals surface area (Å²) in [5.41, 5.74) is 4.54. The van der Waals surface area contributed by atoms with Crippen LogP contribution >= 0.6 is 11.3 Å². The van der Waals surface area contributed by atoms with Crippen molar-refractivity contribution in [3.63, 3.8) is 0 Å². The summed E-state index contributed by atoms with van der Waals surface area (Å²) in [6.45, 7) is 0. The Morgan fingerprint density at radius 2 is 2.50 bits per heavy atom. The van der Waals surface area contributed by atoms with E-state index in [1.54, 1.807) is 10.9 Å². The molecule has 0 radical (unpaired) electrons. The Labute approximate surface area is 109 Å². The highest BCUT2D eigenvalue weighted by molar-refractivity contribution is 7.07. The van der Waals surface area contributed by atoms with E-state index >= 15 is 0 Å². The summed E-state index contributed by atoms with van der Waals surface area (Å²) in [6, 6.07) is 0.0663. The Morgan fingerprint density at radius 1 is 1.61 bits per heavy atom.